The van der Waals surface area contributed by atoms with Gasteiger partial charge in [-0.15, -0.1) is 0 Å². The highest BCUT2D eigenvalue weighted by Gasteiger charge is 2.46. The second-order valence-corrected chi connectivity index (χ2v) is 6.17. The first kappa shape index (κ1) is 12.4. The summed E-state index contributed by atoms with van der Waals surface area (Å²) in [5.41, 5.74) is -0.430. The van der Waals surface area contributed by atoms with Crippen molar-refractivity contribution in [1.29, 1.82) is 0 Å². The van der Waals surface area contributed by atoms with Crippen LogP contribution in [0.2, 0.25) is 0 Å². The molecule has 1 aliphatic carbocycles. The third-order valence-corrected chi connectivity index (χ3v) is 3.55. The van der Waals surface area contributed by atoms with E-state index in [4.69, 9.17) is 4.74 Å². The van der Waals surface area contributed by atoms with Crippen LogP contribution in [-0.4, -0.2) is 36.0 Å². The number of hydrogen-bond acceptors (Lipinski definition) is 3. The van der Waals surface area contributed by atoms with Gasteiger partial charge >= 0.3 is 6.09 Å². The molecule has 0 radical (unpaired) electrons. The highest BCUT2D eigenvalue weighted by atomic mass is 16.6. The average molecular weight is 239 g/mol. The minimum Gasteiger partial charge on any atom is -0.444 e. The van der Waals surface area contributed by atoms with E-state index in [0.717, 1.165) is 32.2 Å². The normalized spacial score (nSPS) is 32.4. The molecule has 0 aromatic heterocycles. The molecule has 0 bridgehead atoms. The van der Waals surface area contributed by atoms with Crippen LogP contribution in [0.1, 0.15) is 33.6 Å². The van der Waals surface area contributed by atoms with Crippen LogP contribution in [0.3, 0.4) is 0 Å². The predicted octanol–water partition coefficient (Wildman–Crippen LogP) is 2.08. The number of carbonyl (C=O) groups excluding carboxylic acids is 2. The summed E-state index contributed by atoms with van der Waals surface area (Å²) >= 11 is 0. The molecule has 0 aromatic carbocycles. The van der Waals surface area contributed by atoms with Crippen LogP contribution in [0.5, 0.6) is 0 Å². The highest BCUT2D eigenvalue weighted by Crippen LogP contribution is 2.46. The smallest absolute Gasteiger partial charge is 0.410 e. The predicted molar refractivity (Wildman–Crippen MR) is 63.6 cm³/mol. The molecule has 4 nitrogen and oxygen atoms in total. The van der Waals surface area contributed by atoms with Crippen molar-refractivity contribution >= 4 is 12.4 Å². The van der Waals surface area contributed by atoms with Crippen molar-refractivity contribution in [3.63, 3.8) is 0 Å². The Hall–Kier alpha value is -1.06. The van der Waals surface area contributed by atoms with Crippen LogP contribution in [0.25, 0.3) is 0 Å². The molecule has 4 heteroatoms. The zero-order valence-electron chi connectivity index (χ0n) is 10.8. The zero-order valence-corrected chi connectivity index (χ0v) is 10.8. The maximum atomic E-state index is 11.8. The summed E-state index contributed by atoms with van der Waals surface area (Å²) in [6.07, 6.45) is 2.86. The van der Waals surface area contributed by atoms with Gasteiger partial charge in [0.15, 0.2) is 0 Å². The van der Waals surface area contributed by atoms with Crippen LogP contribution in [0.4, 0.5) is 4.79 Å². The molecule has 2 rings (SSSR count). The Morgan fingerprint density at radius 2 is 2.12 bits per heavy atom. The highest BCUT2D eigenvalue weighted by molar-refractivity contribution is 5.68. The number of nitrogens with zero attached hydrogens (tertiary/aromatic N) is 1. The molecule has 17 heavy (non-hydrogen) atoms. The Morgan fingerprint density at radius 1 is 1.41 bits per heavy atom. The SMILES string of the molecule is CC(C)(C)OC(=O)N1CC[C@H]([C@H]2C[C@H]2C=O)C1. The van der Waals surface area contributed by atoms with Gasteiger partial charge in [0.05, 0.1) is 0 Å². The average Bonchev–Trinajstić information content (AvgIpc) is 2.83. The van der Waals surface area contributed by atoms with E-state index in [1.807, 2.05) is 20.8 Å². The number of carbonyl (C=O) groups is 2. The lowest BCUT2D eigenvalue weighted by molar-refractivity contribution is -0.109. The van der Waals surface area contributed by atoms with Crippen LogP contribution in [0.15, 0.2) is 0 Å². The second-order valence-electron chi connectivity index (χ2n) is 6.17. The molecule has 1 saturated heterocycles. The lowest BCUT2D eigenvalue weighted by Crippen LogP contribution is -2.35. The zero-order chi connectivity index (χ0) is 12.6. The molecule has 1 aliphatic heterocycles. The molecule has 0 N–H and O–H groups in total. The molecular formula is C13H21NO3. The van der Waals surface area contributed by atoms with Gasteiger partial charge in [-0.3, -0.25) is 0 Å². The van der Waals surface area contributed by atoms with Crippen LogP contribution >= 0.6 is 0 Å². The molecule has 0 unspecified atom stereocenters. The fourth-order valence-electron chi connectivity index (χ4n) is 2.56. The maximum absolute atomic E-state index is 11.8. The molecule has 1 saturated carbocycles. The van der Waals surface area contributed by atoms with E-state index in [1.165, 1.54) is 0 Å². The second kappa shape index (κ2) is 4.31. The van der Waals surface area contributed by atoms with Crippen molar-refractivity contribution in [2.75, 3.05) is 13.1 Å². The number of hydrogen-bond donors (Lipinski definition) is 0. The standard InChI is InChI=1S/C13H21NO3/c1-13(2,3)17-12(16)14-5-4-9(7-14)11-6-10(11)8-15/h8-11H,4-7H2,1-3H3/t9-,10-,11+/m0/s1. The van der Waals surface area contributed by atoms with E-state index in [-0.39, 0.29) is 12.0 Å². The van der Waals surface area contributed by atoms with Gasteiger partial charge < -0.3 is 14.4 Å². The Kier molecular flexibility index (Phi) is 3.15. The van der Waals surface area contributed by atoms with Gasteiger partial charge in [-0.05, 0) is 45.4 Å². The summed E-state index contributed by atoms with van der Waals surface area (Å²) in [5, 5.41) is 0. The van der Waals surface area contributed by atoms with Crippen molar-refractivity contribution in [1.82, 2.24) is 4.90 Å². The first-order valence-electron chi connectivity index (χ1n) is 6.34. The molecule has 0 aromatic rings. The Labute approximate surface area is 102 Å². The molecule has 96 valence electrons. The van der Waals surface area contributed by atoms with E-state index in [2.05, 4.69) is 0 Å². The summed E-state index contributed by atoms with van der Waals surface area (Å²) < 4.78 is 5.34. The monoisotopic (exact) mass is 239 g/mol. The van der Waals surface area contributed by atoms with Crippen molar-refractivity contribution in [2.24, 2.45) is 17.8 Å². The number of rotatable bonds is 2. The van der Waals surface area contributed by atoms with Crippen LogP contribution < -0.4 is 0 Å². The fraction of sp³-hybridized carbons (Fsp3) is 0.846. The van der Waals surface area contributed by atoms with E-state index >= 15 is 0 Å². The number of likely N-dealkylation sites (tertiary alicyclic amines) is 1. The molecule has 2 aliphatic rings. The Morgan fingerprint density at radius 3 is 2.65 bits per heavy atom. The fourth-order valence-corrected chi connectivity index (χ4v) is 2.56. The molecule has 2 fully saturated rings. The van der Waals surface area contributed by atoms with Gasteiger partial charge in [0, 0.05) is 19.0 Å². The van der Waals surface area contributed by atoms with E-state index < -0.39 is 5.60 Å². The lowest BCUT2D eigenvalue weighted by atomic mass is 10.0. The Bertz CT molecular complexity index is 321. The van der Waals surface area contributed by atoms with Crippen molar-refractivity contribution in [3.05, 3.63) is 0 Å². The molecule has 1 heterocycles. The summed E-state index contributed by atoms with van der Waals surface area (Å²) in [5.74, 6) is 1.26. The number of ether oxygens (including phenoxy) is 1. The largest absolute Gasteiger partial charge is 0.444 e. The topological polar surface area (TPSA) is 46.6 Å². The summed E-state index contributed by atoms with van der Waals surface area (Å²) in [7, 11) is 0. The van der Waals surface area contributed by atoms with E-state index in [9.17, 15) is 9.59 Å². The van der Waals surface area contributed by atoms with Crippen LogP contribution in [-0.2, 0) is 9.53 Å². The summed E-state index contributed by atoms with van der Waals surface area (Å²) in [6, 6.07) is 0. The van der Waals surface area contributed by atoms with Gasteiger partial charge in [-0.2, -0.15) is 0 Å². The van der Waals surface area contributed by atoms with Crippen molar-refractivity contribution in [3.8, 4) is 0 Å². The molecule has 1 amide bonds. The van der Waals surface area contributed by atoms with Crippen molar-refractivity contribution in [2.45, 2.75) is 39.2 Å². The number of amides is 1. The van der Waals surface area contributed by atoms with Gasteiger partial charge in [0.25, 0.3) is 0 Å². The quantitative estimate of drug-likeness (QED) is 0.693. The molecular weight excluding hydrogens is 218 g/mol. The van der Waals surface area contributed by atoms with E-state index in [0.29, 0.717) is 11.8 Å². The minimum absolute atomic E-state index is 0.219. The molecule has 0 spiro atoms. The van der Waals surface area contributed by atoms with E-state index in [1.54, 1.807) is 4.90 Å². The van der Waals surface area contributed by atoms with Crippen molar-refractivity contribution < 1.29 is 14.3 Å². The van der Waals surface area contributed by atoms with Crippen LogP contribution in [0, 0.1) is 17.8 Å². The van der Waals surface area contributed by atoms with Gasteiger partial charge in [0.2, 0.25) is 0 Å². The minimum atomic E-state index is -0.430. The Balaban J connectivity index is 1.82. The third kappa shape index (κ3) is 2.99. The van der Waals surface area contributed by atoms with Gasteiger partial charge in [-0.25, -0.2) is 4.79 Å². The first-order chi connectivity index (χ1) is 7.90. The third-order valence-electron chi connectivity index (χ3n) is 3.55. The first-order valence-corrected chi connectivity index (χ1v) is 6.34. The lowest BCUT2D eigenvalue weighted by Gasteiger charge is -2.24. The summed E-state index contributed by atoms with van der Waals surface area (Å²) in [4.78, 5) is 24.2. The van der Waals surface area contributed by atoms with Gasteiger partial charge in [-0.1, -0.05) is 0 Å². The van der Waals surface area contributed by atoms with Gasteiger partial charge in [0.1, 0.15) is 11.9 Å². The number of aldehydes is 1. The maximum Gasteiger partial charge on any atom is 0.410 e. The molecule has 3 atom stereocenters. The summed E-state index contributed by atoms with van der Waals surface area (Å²) in [6.45, 7) is 7.15.